The molecule has 0 bridgehead atoms. The SMILES string of the molecule is C[N+](C)(C)C[C@H](O)CC(=O)[O-].O=C([O-])CC(O)(C(=O)[O-])C(O)C(=O)[O-].O=C([O-])CC(O)(C(=O)[O-])C(O)C(=O)[O-].[Mg+2].[Mg+2].[Mg+2]. The van der Waals surface area contributed by atoms with Crippen LogP contribution in [0.15, 0.2) is 0 Å². The number of carbonyl (C=O) groups excluding carboxylic acids is 7. The molecule has 0 saturated heterocycles. The van der Waals surface area contributed by atoms with Gasteiger partial charge in [-0.05, 0) is 0 Å². The van der Waals surface area contributed by atoms with Gasteiger partial charge in [-0.2, -0.15) is 0 Å². The maximum absolute atomic E-state index is 10.2. The summed E-state index contributed by atoms with van der Waals surface area (Å²) in [5.41, 5.74) is -6.92. The molecule has 0 heterocycles. The third-order valence-electron chi connectivity index (χ3n) is 4.05. The summed E-state index contributed by atoms with van der Waals surface area (Å²) in [5, 5.41) is 115. The smallest absolute Gasteiger partial charge is 0.550 e. The number of carboxylic acids is 7. The Balaban J connectivity index is -0.000000113. The number of likely N-dealkylation sites (N-methyl/N-ethyl adjacent to an activating group) is 1. The van der Waals surface area contributed by atoms with E-state index in [2.05, 4.69) is 0 Å². The van der Waals surface area contributed by atoms with Crippen LogP contribution in [-0.4, -0.2) is 198 Å². The van der Waals surface area contributed by atoms with E-state index < -0.39 is 84.1 Å². The van der Waals surface area contributed by atoms with E-state index in [-0.39, 0.29) is 75.6 Å². The van der Waals surface area contributed by atoms with Crippen molar-refractivity contribution in [3.8, 4) is 0 Å². The predicted molar refractivity (Wildman–Crippen MR) is 117 cm³/mol. The van der Waals surface area contributed by atoms with E-state index in [1.165, 1.54) is 0 Å². The zero-order chi connectivity index (χ0) is 32.1. The van der Waals surface area contributed by atoms with Crippen LogP contribution in [0, 0.1) is 0 Å². The van der Waals surface area contributed by atoms with Gasteiger partial charge in [0.15, 0.2) is 0 Å². The number of quaternary nitrogens is 1. The molecule has 226 valence electrons. The second-order valence-corrected chi connectivity index (χ2v) is 8.67. The largest absolute Gasteiger partial charge is 2.00 e. The van der Waals surface area contributed by atoms with Crippen molar-refractivity contribution in [1.29, 1.82) is 0 Å². The number of aliphatic hydroxyl groups excluding tert-OH is 3. The molecule has 0 rings (SSSR count). The molecule has 20 nitrogen and oxygen atoms in total. The van der Waals surface area contributed by atoms with Crippen LogP contribution in [0.5, 0.6) is 0 Å². The van der Waals surface area contributed by atoms with Crippen LogP contribution < -0.4 is 35.7 Å². The standard InChI is InChI=1S/C7H15NO3.2C6H8O8.3Mg/c1-8(2,3)5-6(9)4-7(10)11;2*7-2(8)1-6(14,5(12)13)3(9)4(10)11;;;/h6,9H,4-5H2,1-3H3;2*3,9,14H,1H2,(H,7,8)(H,10,11)(H,12,13);;;/q;;;3*+2/p-6/t6-;;;;;/m1...../s1. The number of hydrogen-bond acceptors (Lipinski definition) is 19. The minimum atomic E-state index is -3.46. The Morgan fingerprint density at radius 1 is 0.595 bits per heavy atom. The van der Waals surface area contributed by atoms with Crippen LogP contribution in [0.4, 0.5) is 0 Å². The van der Waals surface area contributed by atoms with Gasteiger partial charge in [0, 0.05) is 37.2 Å². The Hall–Kier alpha value is -1.65. The first kappa shape index (κ1) is 53.0. The molecule has 0 aliphatic heterocycles. The molecule has 0 aromatic carbocycles. The van der Waals surface area contributed by atoms with Crippen molar-refractivity contribution in [2.24, 2.45) is 0 Å². The Morgan fingerprint density at radius 3 is 1.00 bits per heavy atom. The fourth-order valence-corrected chi connectivity index (χ4v) is 2.28. The molecule has 42 heavy (non-hydrogen) atoms. The molecule has 0 radical (unpaired) electrons. The number of aliphatic hydroxyl groups is 5. The normalized spacial score (nSPS) is 15.0. The van der Waals surface area contributed by atoms with Crippen molar-refractivity contribution in [2.75, 3.05) is 27.7 Å². The average molecular weight is 644 g/mol. The summed E-state index contributed by atoms with van der Waals surface area (Å²) in [5.74, 6) is -14.9. The van der Waals surface area contributed by atoms with Crippen molar-refractivity contribution >= 4 is 111 Å². The number of aliphatic carboxylic acids is 7. The summed E-state index contributed by atoms with van der Waals surface area (Å²) >= 11 is 0. The molecule has 0 aromatic rings. The summed E-state index contributed by atoms with van der Waals surface area (Å²) in [7, 11) is 5.66. The predicted octanol–water partition coefficient (Wildman–Crippen LogP) is -15.5. The molecule has 5 N–H and O–H groups in total. The minimum absolute atomic E-state index is 0. The van der Waals surface area contributed by atoms with Gasteiger partial charge in [-0.25, -0.2) is 0 Å². The summed E-state index contributed by atoms with van der Waals surface area (Å²) < 4.78 is 0.550. The van der Waals surface area contributed by atoms with Crippen LogP contribution in [0.3, 0.4) is 0 Å². The molecular weight excluding hydrogens is 619 g/mol. The van der Waals surface area contributed by atoms with Crippen LogP contribution in [-0.2, 0) is 33.6 Å². The van der Waals surface area contributed by atoms with Gasteiger partial charge < -0.3 is 99.3 Å². The van der Waals surface area contributed by atoms with Gasteiger partial charge in [0.25, 0.3) is 0 Å². The van der Waals surface area contributed by atoms with E-state index in [4.69, 9.17) is 25.5 Å². The van der Waals surface area contributed by atoms with Crippen molar-refractivity contribution in [2.45, 2.75) is 48.8 Å². The Bertz CT molecular complexity index is 871. The zero-order valence-electron chi connectivity index (χ0n) is 22.6. The maximum Gasteiger partial charge on any atom is 2.00 e. The van der Waals surface area contributed by atoms with Gasteiger partial charge in [-0.3, -0.25) is 0 Å². The molecule has 0 fully saturated rings. The van der Waals surface area contributed by atoms with Gasteiger partial charge in [0.05, 0.1) is 45.0 Å². The second kappa shape index (κ2) is 22.8. The number of hydrogen-bond donors (Lipinski definition) is 5. The van der Waals surface area contributed by atoms with E-state index in [1.54, 1.807) is 0 Å². The first-order valence-corrected chi connectivity index (χ1v) is 9.98. The monoisotopic (exact) mass is 643 g/mol. The number of carbonyl (C=O) groups is 7. The molecule has 0 aromatic heterocycles. The molecule has 4 unspecified atom stereocenters. The van der Waals surface area contributed by atoms with Gasteiger partial charge in [-0.1, -0.05) is 0 Å². The van der Waals surface area contributed by atoms with E-state index in [1.807, 2.05) is 21.1 Å². The molecular formula is C19H25Mg3NO19. The van der Waals surface area contributed by atoms with Gasteiger partial charge in [0.1, 0.15) is 36.1 Å². The third kappa shape index (κ3) is 22.0. The summed E-state index contributed by atoms with van der Waals surface area (Å²) in [6, 6.07) is 0. The molecule has 0 amide bonds. The Labute approximate surface area is 285 Å². The fraction of sp³-hybridized carbons (Fsp3) is 0.632. The molecule has 0 spiro atoms. The quantitative estimate of drug-likeness (QED) is 0.0865. The second-order valence-electron chi connectivity index (χ2n) is 8.67. The summed E-state index contributed by atoms with van der Waals surface area (Å²) in [6.45, 7) is 0.425. The van der Waals surface area contributed by atoms with E-state index in [0.29, 0.717) is 11.0 Å². The van der Waals surface area contributed by atoms with E-state index in [0.717, 1.165) is 0 Å². The number of nitrogens with zero attached hydrogens (tertiary/aromatic N) is 1. The zero-order valence-corrected chi connectivity index (χ0v) is 26.8. The van der Waals surface area contributed by atoms with Crippen LogP contribution in [0.2, 0.25) is 0 Å². The van der Waals surface area contributed by atoms with Crippen LogP contribution >= 0.6 is 0 Å². The fourth-order valence-electron chi connectivity index (χ4n) is 2.28. The maximum atomic E-state index is 10.2. The third-order valence-corrected chi connectivity index (χ3v) is 4.05. The van der Waals surface area contributed by atoms with Crippen LogP contribution in [0.25, 0.3) is 0 Å². The molecule has 0 aliphatic rings. The van der Waals surface area contributed by atoms with Crippen LogP contribution in [0.1, 0.15) is 19.3 Å². The molecule has 0 aliphatic carbocycles. The first-order chi connectivity index (χ1) is 17.2. The van der Waals surface area contributed by atoms with Crippen molar-refractivity contribution in [3.05, 3.63) is 0 Å². The van der Waals surface area contributed by atoms with E-state index >= 15 is 0 Å². The van der Waals surface area contributed by atoms with Crippen molar-refractivity contribution < 1.29 is 99.3 Å². The molecule has 5 atom stereocenters. The van der Waals surface area contributed by atoms with Crippen molar-refractivity contribution in [1.82, 2.24) is 0 Å². The van der Waals surface area contributed by atoms with Gasteiger partial charge in [-0.15, -0.1) is 0 Å². The van der Waals surface area contributed by atoms with E-state index in [9.17, 15) is 69.3 Å². The Morgan fingerprint density at radius 2 is 0.857 bits per heavy atom. The molecule has 23 heteroatoms. The topological polar surface area (TPSA) is 382 Å². The Kier molecular flexibility index (Phi) is 28.8. The summed E-state index contributed by atoms with van der Waals surface area (Å²) in [6.07, 6.45) is -10.2. The van der Waals surface area contributed by atoms with Gasteiger partial charge in [0.2, 0.25) is 0 Å². The number of carboxylic acid groups (broad SMARTS) is 7. The molecule has 0 saturated carbocycles. The van der Waals surface area contributed by atoms with Crippen molar-refractivity contribution in [3.63, 3.8) is 0 Å². The summed E-state index contributed by atoms with van der Waals surface area (Å²) in [4.78, 5) is 70.3. The number of rotatable bonds is 14. The minimum Gasteiger partial charge on any atom is -0.550 e. The first-order valence-electron chi connectivity index (χ1n) is 9.98. The van der Waals surface area contributed by atoms with Gasteiger partial charge >= 0.3 is 69.2 Å². The average Bonchev–Trinajstić information content (AvgIpc) is 2.69.